The number of tetrazole rings is 1. The summed E-state index contributed by atoms with van der Waals surface area (Å²) in [6, 6.07) is 14.3. The van der Waals surface area contributed by atoms with Crippen molar-refractivity contribution in [3.05, 3.63) is 77.9 Å². The molecular weight excluding hydrogens is 377 g/mol. The fourth-order valence-corrected chi connectivity index (χ4v) is 2.67. The third-order valence-corrected chi connectivity index (χ3v) is 4.27. The molecule has 1 heterocycles. The lowest BCUT2D eigenvalue weighted by atomic mass is 10.1. The maximum Gasteiger partial charge on any atom is 0.332 e. The van der Waals surface area contributed by atoms with Gasteiger partial charge in [-0.15, -0.1) is 5.10 Å². The first-order valence-electron chi connectivity index (χ1n) is 9.02. The van der Waals surface area contributed by atoms with Crippen molar-refractivity contribution in [2.75, 3.05) is 0 Å². The van der Waals surface area contributed by atoms with Crippen LogP contribution in [0.15, 0.2) is 60.9 Å². The number of hydrogen-bond donors (Lipinski definition) is 1. The second-order valence-corrected chi connectivity index (χ2v) is 6.42. The van der Waals surface area contributed by atoms with Crippen LogP contribution in [0.1, 0.15) is 24.1 Å². The third-order valence-electron chi connectivity index (χ3n) is 4.27. The Morgan fingerprint density at radius 2 is 1.83 bits per heavy atom. The number of hydrogen-bond acceptors (Lipinski definition) is 6. The van der Waals surface area contributed by atoms with Crippen LogP contribution in [-0.4, -0.2) is 38.2 Å². The van der Waals surface area contributed by atoms with E-state index in [2.05, 4.69) is 20.8 Å². The van der Waals surface area contributed by atoms with Crippen LogP contribution in [0.2, 0.25) is 0 Å². The smallest absolute Gasteiger partial charge is 0.332 e. The molecule has 0 saturated carbocycles. The Bertz CT molecular complexity index is 933. The number of esters is 1. The molecular formula is C20H20FN5O3. The van der Waals surface area contributed by atoms with E-state index in [0.717, 1.165) is 11.1 Å². The highest BCUT2D eigenvalue weighted by atomic mass is 19.1. The van der Waals surface area contributed by atoms with Crippen molar-refractivity contribution in [1.29, 1.82) is 0 Å². The molecule has 8 nitrogen and oxygen atoms in total. The van der Waals surface area contributed by atoms with Crippen molar-refractivity contribution < 1.29 is 18.7 Å². The van der Waals surface area contributed by atoms with Crippen LogP contribution in [-0.2, 0) is 27.3 Å². The lowest BCUT2D eigenvalue weighted by molar-refractivity contribution is -0.158. The first-order valence-corrected chi connectivity index (χ1v) is 9.02. The van der Waals surface area contributed by atoms with E-state index >= 15 is 0 Å². The Kier molecular flexibility index (Phi) is 6.62. The quantitative estimate of drug-likeness (QED) is 0.583. The van der Waals surface area contributed by atoms with Gasteiger partial charge < -0.3 is 10.1 Å². The SMILES string of the molecule is C[C@H](OC(=O)[C@@H](Cc1ccccc1)n1cnnn1)C(=O)NCc1ccc(F)cc1. The van der Waals surface area contributed by atoms with Crippen molar-refractivity contribution in [3.8, 4) is 0 Å². The minimum atomic E-state index is -1.02. The summed E-state index contributed by atoms with van der Waals surface area (Å²) in [6.45, 7) is 1.68. The first-order chi connectivity index (χ1) is 14.0. The number of nitrogens with zero attached hydrogens (tertiary/aromatic N) is 4. The molecule has 3 rings (SSSR count). The molecule has 1 aromatic heterocycles. The van der Waals surface area contributed by atoms with Crippen molar-refractivity contribution in [2.45, 2.75) is 32.0 Å². The average Bonchev–Trinajstić information content (AvgIpc) is 3.26. The summed E-state index contributed by atoms with van der Waals surface area (Å²) < 4.78 is 19.6. The molecule has 0 saturated heterocycles. The highest BCUT2D eigenvalue weighted by molar-refractivity contribution is 5.84. The maximum atomic E-state index is 12.9. The highest BCUT2D eigenvalue weighted by Gasteiger charge is 2.27. The number of amides is 1. The van der Waals surface area contributed by atoms with Gasteiger partial charge in [-0.1, -0.05) is 42.5 Å². The molecule has 1 amide bonds. The van der Waals surface area contributed by atoms with Gasteiger partial charge in [0.15, 0.2) is 12.1 Å². The average molecular weight is 397 g/mol. The van der Waals surface area contributed by atoms with Gasteiger partial charge in [0, 0.05) is 13.0 Å². The van der Waals surface area contributed by atoms with E-state index in [1.54, 1.807) is 12.1 Å². The van der Waals surface area contributed by atoms with Crippen molar-refractivity contribution in [2.24, 2.45) is 0 Å². The van der Waals surface area contributed by atoms with Gasteiger partial charge in [-0.05, 0) is 40.6 Å². The Morgan fingerprint density at radius 3 is 2.48 bits per heavy atom. The van der Waals surface area contributed by atoms with Crippen LogP contribution < -0.4 is 5.32 Å². The molecule has 0 unspecified atom stereocenters. The summed E-state index contributed by atoms with van der Waals surface area (Å²) in [5.41, 5.74) is 1.63. The molecule has 1 N–H and O–H groups in total. The molecule has 0 aliphatic heterocycles. The molecule has 2 atom stereocenters. The second-order valence-electron chi connectivity index (χ2n) is 6.42. The van der Waals surface area contributed by atoms with Gasteiger partial charge in [-0.3, -0.25) is 4.79 Å². The van der Waals surface area contributed by atoms with E-state index in [1.807, 2.05) is 30.3 Å². The zero-order valence-electron chi connectivity index (χ0n) is 15.7. The third kappa shape index (κ3) is 5.68. The second kappa shape index (κ2) is 9.54. The topological polar surface area (TPSA) is 99.0 Å². The van der Waals surface area contributed by atoms with Gasteiger partial charge in [0.1, 0.15) is 12.1 Å². The predicted molar refractivity (Wildman–Crippen MR) is 101 cm³/mol. The molecule has 150 valence electrons. The number of carbonyl (C=O) groups excluding carboxylic acids is 2. The monoisotopic (exact) mass is 397 g/mol. The maximum absolute atomic E-state index is 12.9. The molecule has 29 heavy (non-hydrogen) atoms. The minimum absolute atomic E-state index is 0.196. The Labute approximate surface area is 166 Å². The molecule has 0 bridgehead atoms. The summed E-state index contributed by atoms with van der Waals surface area (Å²) in [5.74, 6) is -1.43. The summed E-state index contributed by atoms with van der Waals surface area (Å²) in [7, 11) is 0. The van der Waals surface area contributed by atoms with Crippen LogP contribution in [0.25, 0.3) is 0 Å². The number of halogens is 1. The Morgan fingerprint density at radius 1 is 1.10 bits per heavy atom. The number of nitrogens with one attached hydrogen (secondary N) is 1. The molecule has 2 aromatic carbocycles. The summed E-state index contributed by atoms with van der Waals surface area (Å²) in [6.07, 6.45) is 0.626. The number of ether oxygens (including phenoxy) is 1. The van der Waals surface area contributed by atoms with Gasteiger partial charge in [-0.2, -0.15) is 0 Å². The molecule has 9 heteroatoms. The lowest BCUT2D eigenvalue weighted by Gasteiger charge is -2.19. The zero-order valence-corrected chi connectivity index (χ0v) is 15.7. The summed E-state index contributed by atoms with van der Waals surface area (Å²) in [5, 5.41) is 13.6. The fraction of sp³-hybridized carbons (Fsp3) is 0.250. The van der Waals surface area contributed by atoms with Crippen LogP contribution in [0.4, 0.5) is 4.39 Å². The van der Waals surface area contributed by atoms with Gasteiger partial charge in [0.25, 0.3) is 5.91 Å². The number of carbonyl (C=O) groups is 2. The molecule has 0 spiro atoms. The van der Waals surface area contributed by atoms with Gasteiger partial charge in [0.2, 0.25) is 0 Å². The van der Waals surface area contributed by atoms with E-state index in [1.165, 1.54) is 30.1 Å². The van der Waals surface area contributed by atoms with Crippen LogP contribution in [0, 0.1) is 5.82 Å². The first kappa shape index (κ1) is 20.1. The molecule has 0 aliphatic rings. The number of benzene rings is 2. The van der Waals surface area contributed by atoms with Crippen LogP contribution in [0.3, 0.4) is 0 Å². The largest absolute Gasteiger partial charge is 0.451 e. The standard InChI is InChI=1S/C20H20FN5O3/c1-14(19(27)22-12-16-7-9-17(21)10-8-16)29-20(28)18(26-13-23-24-25-26)11-15-5-3-2-4-6-15/h2-10,13-14,18H,11-12H2,1H3,(H,22,27)/t14-,18+/m0/s1. The predicted octanol–water partition coefficient (Wildman–Crippen LogP) is 1.84. The van der Waals surface area contributed by atoms with E-state index < -0.39 is 24.0 Å². The van der Waals surface area contributed by atoms with Crippen LogP contribution >= 0.6 is 0 Å². The molecule has 0 aliphatic carbocycles. The highest BCUT2D eigenvalue weighted by Crippen LogP contribution is 2.16. The molecule has 0 fully saturated rings. The fourth-order valence-electron chi connectivity index (χ4n) is 2.67. The number of rotatable bonds is 8. The van der Waals surface area contributed by atoms with Crippen molar-refractivity contribution in [1.82, 2.24) is 25.5 Å². The zero-order chi connectivity index (χ0) is 20.6. The normalized spacial score (nSPS) is 12.8. The minimum Gasteiger partial charge on any atom is -0.451 e. The molecule has 0 radical (unpaired) electrons. The number of aromatic nitrogens is 4. The van der Waals surface area contributed by atoms with Crippen LogP contribution in [0.5, 0.6) is 0 Å². The Hall–Kier alpha value is -3.62. The van der Waals surface area contributed by atoms with Gasteiger partial charge >= 0.3 is 5.97 Å². The lowest BCUT2D eigenvalue weighted by Crippen LogP contribution is -2.37. The van der Waals surface area contributed by atoms with E-state index in [0.29, 0.717) is 6.42 Å². The Balaban J connectivity index is 1.60. The van der Waals surface area contributed by atoms with E-state index in [-0.39, 0.29) is 12.4 Å². The summed E-state index contributed by atoms with van der Waals surface area (Å²) in [4.78, 5) is 25.0. The summed E-state index contributed by atoms with van der Waals surface area (Å²) >= 11 is 0. The molecule has 3 aromatic rings. The van der Waals surface area contributed by atoms with Gasteiger partial charge in [-0.25, -0.2) is 13.9 Å². The van der Waals surface area contributed by atoms with Crippen molar-refractivity contribution >= 4 is 11.9 Å². The van der Waals surface area contributed by atoms with E-state index in [4.69, 9.17) is 4.74 Å². The van der Waals surface area contributed by atoms with Gasteiger partial charge in [0.05, 0.1) is 0 Å². The van der Waals surface area contributed by atoms with E-state index in [9.17, 15) is 14.0 Å². The van der Waals surface area contributed by atoms with Crippen molar-refractivity contribution in [3.63, 3.8) is 0 Å².